The second kappa shape index (κ2) is 6.54. The molecule has 5 aromatic rings. The molecule has 2 aromatic heterocycles. The summed E-state index contributed by atoms with van der Waals surface area (Å²) in [6.45, 7) is 0. The smallest absolute Gasteiger partial charge is 0.226 e. The predicted octanol–water partition coefficient (Wildman–Crippen LogP) is 7.84. The molecule has 5 aliphatic carbocycles. The van der Waals surface area contributed by atoms with Crippen molar-refractivity contribution in [2.45, 2.75) is 37.5 Å². The average molecular weight is 490 g/mol. The van der Waals surface area contributed by atoms with E-state index in [1.807, 2.05) is 30.3 Å². The fourth-order valence-corrected chi connectivity index (χ4v) is 9.11. The molecular weight excluding hydrogens is 466 g/mol. The molecule has 36 heavy (non-hydrogen) atoms. The zero-order valence-electron chi connectivity index (χ0n) is 19.7. The highest BCUT2D eigenvalue weighted by atomic mass is 35.5. The van der Waals surface area contributed by atoms with E-state index in [4.69, 9.17) is 21.0 Å². The Morgan fingerprint density at radius 3 is 2.39 bits per heavy atom. The Morgan fingerprint density at radius 1 is 0.778 bits per heavy atom. The number of fused-ring (bicyclic) bond motifs is 4. The molecule has 5 saturated carbocycles. The Bertz CT molecular complexity index is 1710. The van der Waals surface area contributed by atoms with Crippen LogP contribution in [-0.4, -0.2) is 15.0 Å². The minimum absolute atomic E-state index is 0.201. The molecule has 10 rings (SSSR count). The number of nitrogens with zero attached hydrogens (tertiary/aromatic N) is 3. The van der Waals surface area contributed by atoms with Gasteiger partial charge >= 0.3 is 0 Å². The quantitative estimate of drug-likeness (QED) is 0.259. The Balaban J connectivity index is 1.07. The topological polar surface area (TPSA) is 51.8 Å². The highest BCUT2D eigenvalue weighted by molar-refractivity contribution is 6.28. The van der Waals surface area contributed by atoms with Crippen molar-refractivity contribution in [2.24, 2.45) is 23.2 Å². The van der Waals surface area contributed by atoms with Gasteiger partial charge in [0.15, 0.2) is 11.6 Å². The molecule has 1 spiro atoms. The molecule has 0 N–H and O–H groups in total. The van der Waals surface area contributed by atoms with Crippen molar-refractivity contribution in [1.29, 1.82) is 0 Å². The Morgan fingerprint density at radius 2 is 1.56 bits per heavy atom. The van der Waals surface area contributed by atoms with E-state index >= 15 is 0 Å². The fraction of sp³-hybridized carbons (Fsp3) is 0.323. The molecule has 0 saturated heterocycles. The van der Waals surface area contributed by atoms with Crippen LogP contribution in [-0.2, 0) is 5.41 Å². The molecule has 3 unspecified atom stereocenters. The molecule has 3 aromatic carbocycles. The van der Waals surface area contributed by atoms with Crippen LogP contribution in [0, 0.1) is 23.2 Å². The van der Waals surface area contributed by atoms with E-state index < -0.39 is 0 Å². The zero-order chi connectivity index (χ0) is 23.6. The molecule has 4 nitrogen and oxygen atoms in total. The summed E-state index contributed by atoms with van der Waals surface area (Å²) in [7, 11) is 0. The maximum atomic E-state index is 6.39. The number of halogens is 1. The number of hydrogen-bond donors (Lipinski definition) is 0. The minimum Gasteiger partial charge on any atom is -0.456 e. The summed E-state index contributed by atoms with van der Waals surface area (Å²) in [5, 5.41) is 2.39. The van der Waals surface area contributed by atoms with Gasteiger partial charge in [-0.1, -0.05) is 48.5 Å². The standard InChI is InChI=1S/C31H24ClN3O/c32-29-34-27(33-28(35-29)18-7-10-23-22-3-1-2-4-25(22)36-26(23)12-18)17-5-8-20(9-6-17)30-14-21-11-19-13-31(21,16-30)24(19)15-30/h1-10,12,19,21,24H,11,13-16H2/t19?,21-,24+,30?,31?/m0/s1. The van der Waals surface area contributed by atoms with Gasteiger partial charge in [0.05, 0.1) is 0 Å². The lowest BCUT2D eigenvalue weighted by Crippen LogP contribution is -2.38. The summed E-state index contributed by atoms with van der Waals surface area (Å²) in [4.78, 5) is 13.7. The van der Waals surface area contributed by atoms with Gasteiger partial charge in [0.25, 0.3) is 0 Å². The molecule has 5 atom stereocenters. The molecule has 0 aliphatic heterocycles. The van der Waals surface area contributed by atoms with E-state index in [0.717, 1.165) is 50.8 Å². The van der Waals surface area contributed by atoms with Gasteiger partial charge in [-0.2, -0.15) is 9.97 Å². The van der Waals surface area contributed by atoms with Crippen molar-refractivity contribution in [3.05, 3.63) is 77.6 Å². The number of hydrogen-bond acceptors (Lipinski definition) is 4. The van der Waals surface area contributed by atoms with Gasteiger partial charge in [-0.15, -0.1) is 0 Å². The largest absolute Gasteiger partial charge is 0.456 e. The number of aromatic nitrogens is 3. The molecule has 2 heterocycles. The van der Waals surface area contributed by atoms with Crippen LogP contribution in [0.1, 0.15) is 37.7 Å². The van der Waals surface area contributed by atoms with Gasteiger partial charge < -0.3 is 4.42 Å². The van der Waals surface area contributed by atoms with Crippen molar-refractivity contribution in [3.63, 3.8) is 0 Å². The molecule has 3 bridgehead atoms. The normalized spacial score (nSPS) is 31.4. The number of para-hydroxylation sites is 1. The molecule has 0 amide bonds. The van der Waals surface area contributed by atoms with Gasteiger partial charge in [-0.05, 0) is 96.1 Å². The molecule has 5 fully saturated rings. The lowest BCUT2D eigenvalue weighted by Gasteiger charge is -2.45. The van der Waals surface area contributed by atoms with Crippen LogP contribution in [0.15, 0.2) is 71.1 Å². The van der Waals surface area contributed by atoms with Crippen LogP contribution >= 0.6 is 11.6 Å². The van der Waals surface area contributed by atoms with Gasteiger partial charge in [-0.3, -0.25) is 0 Å². The first-order chi connectivity index (χ1) is 17.6. The van der Waals surface area contributed by atoms with Crippen molar-refractivity contribution >= 4 is 33.5 Å². The van der Waals surface area contributed by atoms with Gasteiger partial charge in [0.1, 0.15) is 11.2 Å². The van der Waals surface area contributed by atoms with Gasteiger partial charge in [0, 0.05) is 21.9 Å². The SMILES string of the molecule is Clc1nc(-c2ccc(C34C[C@@H]5CC6CC5(C3)[C@@H]6C4)cc2)nc(-c2ccc3c(c2)oc2ccccc23)n1. The van der Waals surface area contributed by atoms with Crippen molar-refractivity contribution < 1.29 is 4.42 Å². The van der Waals surface area contributed by atoms with Crippen molar-refractivity contribution in [2.75, 3.05) is 0 Å². The molecule has 0 radical (unpaired) electrons. The second-order valence-electron chi connectivity index (χ2n) is 11.7. The van der Waals surface area contributed by atoms with Gasteiger partial charge in [-0.25, -0.2) is 4.98 Å². The predicted molar refractivity (Wildman–Crippen MR) is 141 cm³/mol. The summed E-state index contributed by atoms with van der Waals surface area (Å²) >= 11 is 6.39. The highest BCUT2D eigenvalue weighted by Crippen LogP contribution is 2.83. The summed E-state index contributed by atoms with van der Waals surface area (Å²) in [6, 6.07) is 23.2. The van der Waals surface area contributed by atoms with E-state index in [0.29, 0.717) is 22.5 Å². The van der Waals surface area contributed by atoms with Crippen LogP contribution in [0.4, 0.5) is 0 Å². The number of benzene rings is 3. The van der Waals surface area contributed by atoms with E-state index in [-0.39, 0.29) is 5.28 Å². The number of furan rings is 1. The highest BCUT2D eigenvalue weighted by Gasteiger charge is 2.76. The third-order valence-corrected chi connectivity index (χ3v) is 10.4. The monoisotopic (exact) mass is 489 g/mol. The summed E-state index contributed by atoms with van der Waals surface area (Å²) in [5.74, 6) is 4.18. The maximum absolute atomic E-state index is 6.39. The van der Waals surface area contributed by atoms with E-state index in [2.05, 4.69) is 46.4 Å². The first-order valence-corrected chi connectivity index (χ1v) is 13.4. The lowest BCUT2D eigenvalue weighted by molar-refractivity contribution is 0.0381. The van der Waals surface area contributed by atoms with Crippen molar-refractivity contribution in [3.8, 4) is 22.8 Å². The van der Waals surface area contributed by atoms with Crippen molar-refractivity contribution in [1.82, 2.24) is 15.0 Å². The Labute approximate surface area is 213 Å². The van der Waals surface area contributed by atoms with Crippen LogP contribution < -0.4 is 0 Å². The third kappa shape index (κ3) is 2.44. The average Bonchev–Trinajstić information content (AvgIpc) is 3.63. The molecule has 5 aliphatic rings. The molecule has 5 heteroatoms. The summed E-state index contributed by atoms with van der Waals surface area (Å²) in [6.07, 6.45) is 7.21. The van der Waals surface area contributed by atoms with Gasteiger partial charge in [0.2, 0.25) is 5.28 Å². The zero-order valence-corrected chi connectivity index (χ0v) is 20.5. The minimum atomic E-state index is 0.201. The fourth-order valence-electron chi connectivity index (χ4n) is 8.95. The maximum Gasteiger partial charge on any atom is 0.226 e. The van der Waals surface area contributed by atoms with Crippen LogP contribution in [0.25, 0.3) is 44.7 Å². The first kappa shape index (κ1) is 19.9. The molecule has 176 valence electrons. The second-order valence-corrected chi connectivity index (χ2v) is 12.1. The van der Waals surface area contributed by atoms with Crippen LogP contribution in [0.2, 0.25) is 5.28 Å². The Kier molecular flexibility index (Phi) is 3.62. The van der Waals surface area contributed by atoms with Crippen LogP contribution in [0.3, 0.4) is 0 Å². The first-order valence-electron chi connectivity index (χ1n) is 13.0. The Hall–Kier alpha value is -3.24. The van der Waals surface area contributed by atoms with E-state index in [9.17, 15) is 0 Å². The summed E-state index contributed by atoms with van der Waals surface area (Å²) in [5.41, 5.74) is 6.15. The third-order valence-electron chi connectivity index (χ3n) is 10.3. The summed E-state index contributed by atoms with van der Waals surface area (Å²) < 4.78 is 6.07. The van der Waals surface area contributed by atoms with E-state index in [1.165, 1.54) is 37.7 Å². The number of rotatable bonds is 3. The van der Waals surface area contributed by atoms with E-state index in [1.54, 1.807) is 0 Å². The van der Waals surface area contributed by atoms with Crippen LogP contribution in [0.5, 0.6) is 0 Å². The lowest BCUT2D eigenvalue weighted by atomic mass is 9.59. The molecular formula is C31H24ClN3O.